The number of nitrogens with one attached hydrogen (secondary N) is 3. The molecule has 0 aliphatic rings. The van der Waals surface area contributed by atoms with Crippen LogP contribution in [0.2, 0.25) is 5.02 Å². The number of halogens is 1. The number of hydrogen-bond acceptors (Lipinski definition) is 4. The molecule has 0 radical (unpaired) electrons. The third kappa shape index (κ3) is 4.17. The van der Waals surface area contributed by atoms with Gasteiger partial charge in [0.2, 0.25) is 5.95 Å². The molecule has 1 aromatic carbocycles. The lowest BCUT2D eigenvalue weighted by Crippen LogP contribution is -2.24. The lowest BCUT2D eigenvalue weighted by molar-refractivity contribution is 0.262. The Morgan fingerprint density at radius 2 is 1.93 bits per heavy atom. The Bertz CT molecular complexity index is 1040. The van der Waals surface area contributed by atoms with Crippen molar-refractivity contribution >= 4 is 29.1 Å². The zero-order valence-electron chi connectivity index (χ0n) is 15.1. The van der Waals surface area contributed by atoms with Crippen molar-refractivity contribution in [2.75, 3.05) is 10.6 Å². The molecule has 2 aromatic heterocycles. The highest BCUT2D eigenvalue weighted by atomic mass is 35.5. The second-order valence-corrected chi connectivity index (χ2v) is 6.41. The summed E-state index contributed by atoms with van der Waals surface area (Å²) < 4.78 is 1.39. The number of urea groups is 1. The first kappa shape index (κ1) is 18.7. The molecule has 0 saturated heterocycles. The normalized spacial score (nSPS) is 10.7. The molecule has 0 aliphatic carbocycles. The van der Waals surface area contributed by atoms with Crippen LogP contribution in [0.25, 0.3) is 5.95 Å². The number of carbonyl (C=O) groups is 1. The lowest BCUT2D eigenvalue weighted by Gasteiger charge is -2.10. The number of nitrogens with zero attached hydrogens (tertiary/aromatic N) is 3. The fourth-order valence-electron chi connectivity index (χ4n) is 2.67. The van der Waals surface area contributed by atoms with Crippen molar-refractivity contribution in [1.82, 2.24) is 19.7 Å². The number of rotatable bonds is 4. The minimum atomic E-state index is -0.456. The van der Waals surface area contributed by atoms with Crippen LogP contribution >= 0.6 is 11.6 Å². The summed E-state index contributed by atoms with van der Waals surface area (Å²) in [4.78, 5) is 31.7. The van der Waals surface area contributed by atoms with Crippen molar-refractivity contribution < 1.29 is 4.79 Å². The van der Waals surface area contributed by atoms with Crippen molar-refractivity contribution in [2.45, 2.75) is 27.2 Å². The predicted molar refractivity (Wildman–Crippen MR) is 105 cm³/mol. The maximum Gasteiger partial charge on any atom is 0.324 e. The first-order valence-corrected chi connectivity index (χ1v) is 8.75. The van der Waals surface area contributed by atoms with Crippen LogP contribution in [-0.4, -0.2) is 25.8 Å². The Labute approximate surface area is 160 Å². The highest BCUT2D eigenvalue weighted by molar-refractivity contribution is 6.30. The Balaban J connectivity index is 1.87. The molecule has 2 heterocycles. The minimum absolute atomic E-state index is 0.218. The van der Waals surface area contributed by atoms with E-state index < -0.39 is 6.03 Å². The van der Waals surface area contributed by atoms with Gasteiger partial charge in [-0.1, -0.05) is 18.5 Å². The number of hydrogen-bond donors (Lipinski definition) is 3. The molecule has 0 saturated carbocycles. The average Bonchev–Trinajstić information content (AvgIpc) is 2.97. The molecule has 27 heavy (non-hydrogen) atoms. The van der Waals surface area contributed by atoms with Crippen molar-refractivity contribution in [3.8, 4) is 5.95 Å². The standard InChI is InChI=1S/C18H19ClN6O2/c1-4-14-11(3)20-17(23-16(14)26)25-15(9-10(2)24-25)22-18(27)21-13-7-5-12(19)6-8-13/h5-9H,4H2,1-3H3,(H,20,23,26)(H2,21,22,27). The van der Waals surface area contributed by atoms with E-state index in [1.807, 2.05) is 6.92 Å². The highest BCUT2D eigenvalue weighted by Gasteiger charge is 2.15. The van der Waals surface area contributed by atoms with Crippen LogP contribution < -0.4 is 16.2 Å². The van der Waals surface area contributed by atoms with E-state index in [0.29, 0.717) is 39.9 Å². The zero-order chi connectivity index (χ0) is 19.6. The minimum Gasteiger partial charge on any atom is -0.308 e. The van der Waals surface area contributed by atoms with Gasteiger partial charge in [-0.25, -0.2) is 9.78 Å². The summed E-state index contributed by atoms with van der Waals surface area (Å²) in [6.07, 6.45) is 0.585. The van der Waals surface area contributed by atoms with E-state index in [-0.39, 0.29) is 11.5 Å². The molecule has 3 aromatic rings. The molecule has 9 heteroatoms. The van der Waals surface area contributed by atoms with Gasteiger partial charge in [-0.05, 0) is 44.5 Å². The number of aromatic amines is 1. The molecule has 0 atom stereocenters. The summed E-state index contributed by atoms with van der Waals surface area (Å²) in [5, 5.41) is 10.3. The number of benzene rings is 1. The van der Waals surface area contributed by atoms with Crippen LogP contribution in [0.4, 0.5) is 16.3 Å². The van der Waals surface area contributed by atoms with Gasteiger partial charge in [0, 0.05) is 28.0 Å². The molecule has 8 nitrogen and oxygen atoms in total. The summed E-state index contributed by atoms with van der Waals surface area (Å²) in [7, 11) is 0. The molecule has 0 unspecified atom stereocenters. The average molecular weight is 387 g/mol. The molecule has 3 rings (SSSR count). The van der Waals surface area contributed by atoms with Gasteiger partial charge in [0.1, 0.15) is 5.82 Å². The number of anilines is 2. The van der Waals surface area contributed by atoms with Gasteiger partial charge in [0.15, 0.2) is 0 Å². The monoisotopic (exact) mass is 386 g/mol. The molecule has 0 aliphatic heterocycles. The third-order valence-electron chi connectivity index (χ3n) is 3.94. The smallest absolute Gasteiger partial charge is 0.308 e. The van der Waals surface area contributed by atoms with Crippen molar-refractivity contribution in [2.24, 2.45) is 0 Å². The van der Waals surface area contributed by atoms with E-state index >= 15 is 0 Å². The number of aromatic nitrogens is 4. The van der Waals surface area contributed by atoms with Crippen molar-refractivity contribution in [3.63, 3.8) is 0 Å². The van der Waals surface area contributed by atoms with E-state index in [4.69, 9.17) is 11.6 Å². The van der Waals surface area contributed by atoms with Gasteiger partial charge in [-0.3, -0.25) is 15.1 Å². The zero-order valence-corrected chi connectivity index (χ0v) is 15.9. The molecule has 0 spiro atoms. The quantitative estimate of drug-likeness (QED) is 0.638. The van der Waals surface area contributed by atoms with Crippen LogP contribution in [0, 0.1) is 13.8 Å². The molecule has 2 amide bonds. The number of amides is 2. The maximum absolute atomic E-state index is 12.3. The van der Waals surface area contributed by atoms with Crippen LogP contribution in [0.3, 0.4) is 0 Å². The van der Waals surface area contributed by atoms with E-state index in [0.717, 1.165) is 0 Å². The maximum atomic E-state index is 12.3. The summed E-state index contributed by atoms with van der Waals surface area (Å²) in [5.41, 5.74) is 2.29. The Morgan fingerprint density at radius 1 is 1.22 bits per heavy atom. The second kappa shape index (κ2) is 7.63. The van der Waals surface area contributed by atoms with Crippen LogP contribution in [0.1, 0.15) is 23.9 Å². The van der Waals surface area contributed by atoms with Crippen molar-refractivity contribution in [1.29, 1.82) is 0 Å². The summed E-state index contributed by atoms with van der Waals surface area (Å²) in [6, 6.07) is 7.97. The number of carbonyl (C=O) groups excluding carboxylic acids is 1. The van der Waals surface area contributed by atoms with Gasteiger partial charge in [-0.2, -0.15) is 9.78 Å². The largest absolute Gasteiger partial charge is 0.324 e. The van der Waals surface area contributed by atoms with Crippen LogP contribution in [0.15, 0.2) is 35.1 Å². The molecule has 0 bridgehead atoms. The van der Waals surface area contributed by atoms with E-state index in [1.54, 1.807) is 44.2 Å². The number of H-pyrrole nitrogens is 1. The Hall–Kier alpha value is -3.13. The van der Waals surface area contributed by atoms with Gasteiger partial charge in [-0.15, -0.1) is 0 Å². The van der Waals surface area contributed by atoms with Gasteiger partial charge in [0.25, 0.3) is 5.56 Å². The first-order valence-electron chi connectivity index (χ1n) is 8.37. The number of aryl methyl sites for hydroxylation is 2. The van der Waals surface area contributed by atoms with E-state index in [1.165, 1.54) is 4.68 Å². The fourth-order valence-corrected chi connectivity index (χ4v) is 2.80. The van der Waals surface area contributed by atoms with Crippen molar-refractivity contribution in [3.05, 3.63) is 62.7 Å². The van der Waals surface area contributed by atoms with Gasteiger partial charge >= 0.3 is 6.03 Å². The van der Waals surface area contributed by atoms with Crippen LogP contribution in [0.5, 0.6) is 0 Å². The Morgan fingerprint density at radius 3 is 2.56 bits per heavy atom. The molecule has 140 valence electrons. The highest BCUT2D eigenvalue weighted by Crippen LogP contribution is 2.17. The first-order chi connectivity index (χ1) is 12.9. The second-order valence-electron chi connectivity index (χ2n) is 5.98. The predicted octanol–water partition coefficient (Wildman–Crippen LogP) is 3.43. The van der Waals surface area contributed by atoms with E-state index in [2.05, 4.69) is 25.7 Å². The van der Waals surface area contributed by atoms with E-state index in [9.17, 15) is 9.59 Å². The fraction of sp³-hybridized carbons (Fsp3) is 0.222. The molecule has 3 N–H and O–H groups in total. The van der Waals surface area contributed by atoms with Gasteiger partial charge < -0.3 is 5.32 Å². The molecule has 0 fully saturated rings. The Kier molecular flexibility index (Phi) is 5.27. The summed E-state index contributed by atoms with van der Waals surface area (Å²) >= 11 is 5.84. The van der Waals surface area contributed by atoms with Gasteiger partial charge in [0.05, 0.1) is 5.69 Å². The molecular weight excluding hydrogens is 368 g/mol. The topological polar surface area (TPSA) is 105 Å². The molecular formula is C18H19ClN6O2. The summed E-state index contributed by atoms with van der Waals surface area (Å²) in [6.45, 7) is 5.45. The van der Waals surface area contributed by atoms with Crippen LogP contribution in [-0.2, 0) is 6.42 Å². The summed E-state index contributed by atoms with van der Waals surface area (Å²) in [5.74, 6) is 0.621. The third-order valence-corrected chi connectivity index (χ3v) is 4.19. The lowest BCUT2D eigenvalue weighted by atomic mass is 10.2. The SMILES string of the molecule is CCc1c(C)nc(-n2nc(C)cc2NC(=O)Nc2ccc(Cl)cc2)[nH]c1=O.